The second-order valence-corrected chi connectivity index (χ2v) is 12.9. The van der Waals surface area contributed by atoms with Gasteiger partial charge in [-0.05, 0) is 78.1 Å². The maximum Gasteiger partial charge on any atom is 0.264 e. The Morgan fingerprint density at radius 2 is 1.73 bits per heavy atom. The highest BCUT2D eigenvalue weighted by Crippen LogP contribution is 2.40. The molecule has 1 aliphatic carbocycles. The predicted octanol–water partition coefficient (Wildman–Crippen LogP) is 5.31. The van der Waals surface area contributed by atoms with Gasteiger partial charge in [0.05, 0.1) is 23.2 Å². The minimum absolute atomic E-state index is 0.111. The number of carbonyl (C=O) groups is 1. The van der Waals surface area contributed by atoms with Crippen LogP contribution < -0.4 is 14.4 Å². The summed E-state index contributed by atoms with van der Waals surface area (Å²) >= 11 is 0. The Kier molecular flexibility index (Phi) is 6.52. The van der Waals surface area contributed by atoms with Crippen molar-refractivity contribution in [2.24, 2.45) is 0 Å². The fraction of sp³-hybridized carbons (Fsp3) is 0.367. The molecule has 0 aromatic heterocycles. The molecular formula is C30H34N2O4S. The SMILES string of the molecule is C[C@H](NC(=O)[C@H]1CN(S(=O)(=O)c2ccccc2)c2cc(C(C)(C)C)ccc2O1)c1ccc2c(c1)CCC2. The molecule has 5 rings (SSSR count). The van der Waals surface area contributed by atoms with Crippen molar-refractivity contribution in [1.82, 2.24) is 5.32 Å². The molecule has 3 aromatic carbocycles. The van der Waals surface area contributed by atoms with Crippen LogP contribution in [0.5, 0.6) is 5.75 Å². The van der Waals surface area contributed by atoms with Gasteiger partial charge < -0.3 is 10.1 Å². The van der Waals surface area contributed by atoms with Crippen LogP contribution in [0.3, 0.4) is 0 Å². The summed E-state index contributed by atoms with van der Waals surface area (Å²) in [4.78, 5) is 13.6. The smallest absolute Gasteiger partial charge is 0.264 e. The molecule has 7 heteroatoms. The summed E-state index contributed by atoms with van der Waals surface area (Å²) in [5.41, 5.74) is 5.01. The molecule has 3 aromatic rings. The van der Waals surface area contributed by atoms with E-state index in [0.717, 1.165) is 30.4 Å². The fourth-order valence-corrected chi connectivity index (χ4v) is 6.54. The molecule has 1 N–H and O–H groups in total. The van der Waals surface area contributed by atoms with Gasteiger partial charge >= 0.3 is 0 Å². The van der Waals surface area contributed by atoms with Gasteiger partial charge in [-0.15, -0.1) is 0 Å². The van der Waals surface area contributed by atoms with Crippen LogP contribution in [0.25, 0.3) is 0 Å². The van der Waals surface area contributed by atoms with Gasteiger partial charge in [0.25, 0.3) is 15.9 Å². The Balaban J connectivity index is 1.45. The number of sulfonamides is 1. The first-order chi connectivity index (χ1) is 17.5. The highest BCUT2D eigenvalue weighted by Gasteiger charge is 2.38. The van der Waals surface area contributed by atoms with Crippen LogP contribution in [0.15, 0.2) is 71.6 Å². The third kappa shape index (κ3) is 4.97. The van der Waals surface area contributed by atoms with E-state index in [1.54, 1.807) is 36.4 Å². The molecular weight excluding hydrogens is 484 g/mol. The van der Waals surface area contributed by atoms with Crippen LogP contribution in [0.1, 0.15) is 62.4 Å². The van der Waals surface area contributed by atoms with E-state index >= 15 is 0 Å². The Bertz CT molecular complexity index is 1430. The number of anilines is 1. The molecule has 0 spiro atoms. The second kappa shape index (κ2) is 9.53. The average Bonchev–Trinajstić information content (AvgIpc) is 3.35. The number of aryl methyl sites for hydroxylation is 2. The number of amides is 1. The fourth-order valence-electron chi connectivity index (χ4n) is 5.05. The maximum absolute atomic E-state index is 13.8. The van der Waals surface area contributed by atoms with E-state index in [0.29, 0.717) is 11.4 Å². The number of hydrogen-bond donors (Lipinski definition) is 1. The highest BCUT2D eigenvalue weighted by molar-refractivity contribution is 7.92. The molecule has 0 radical (unpaired) electrons. The molecule has 37 heavy (non-hydrogen) atoms. The number of carbonyl (C=O) groups excluding carboxylic acids is 1. The van der Waals surface area contributed by atoms with Crippen LogP contribution in [0, 0.1) is 0 Å². The molecule has 0 fully saturated rings. The molecule has 194 valence electrons. The summed E-state index contributed by atoms with van der Waals surface area (Å²) in [6.07, 6.45) is 2.35. The average molecular weight is 519 g/mol. The van der Waals surface area contributed by atoms with Gasteiger partial charge in [-0.1, -0.05) is 63.2 Å². The Hall–Kier alpha value is -3.32. The Morgan fingerprint density at radius 1 is 1.00 bits per heavy atom. The number of benzene rings is 3. The van der Waals surface area contributed by atoms with Crippen LogP contribution in [0.2, 0.25) is 0 Å². The van der Waals surface area contributed by atoms with Crippen molar-refractivity contribution in [2.75, 3.05) is 10.8 Å². The zero-order valence-corrected chi connectivity index (χ0v) is 22.6. The topological polar surface area (TPSA) is 75.7 Å². The van der Waals surface area contributed by atoms with Crippen molar-refractivity contribution in [3.63, 3.8) is 0 Å². The van der Waals surface area contributed by atoms with Gasteiger partial charge in [-0.25, -0.2) is 8.42 Å². The van der Waals surface area contributed by atoms with Gasteiger partial charge in [-0.2, -0.15) is 0 Å². The van der Waals surface area contributed by atoms with E-state index in [9.17, 15) is 13.2 Å². The lowest BCUT2D eigenvalue weighted by atomic mass is 9.86. The molecule has 0 bridgehead atoms. The number of nitrogens with one attached hydrogen (secondary N) is 1. The lowest BCUT2D eigenvalue weighted by molar-refractivity contribution is -0.128. The first kappa shape index (κ1) is 25.3. The third-order valence-electron chi connectivity index (χ3n) is 7.30. The minimum atomic E-state index is -3.92. The van der Waals surface area contributed by atoms with E-state index in [1.807, 2.05) is 19.1 Å². The molecule has 2 aliphatic rings. The van der Waals surface area contributed by atoms with Crippen LogP contribution >= 0.6 is 0 Å². The van der Waals surface area contributed by atoms with Gasteiger partial charge in [0.2, 0.25) is 0 Å². The van der Waals surface area contributed by atoms with Crippen molar-refractivity contribution >= 4 is 21.6 Å². The lowest BCUT2D eigenvalue weighted by Gasteiger charge is -2.36. The summed E-state index contributed by atoms with van der Waals surface area (Å²) in [5.74, 6) is 0.0379. The largest absolute Gasteiger partial charge is 0.476 e. The van der Waals surface area contributed by atoms with Gasteiger partial charge in [0.15, 0.2) is 6.10 Å². The van der Waals surface area contributed by atoms with Crippen LogP contribution in [-0.2, 0) is 33.1 Å². The first-order valence-electron chi connectivity index (χ1n) is 12.8. The third-order valence-corrected chi connectivity index (χ3v) is 9.09. The van der Waals surface area contributed by atoms with Crippen molar-refractivity contribution in [3.05, 3.63) is 89.0 Å². The van der Waals surface area contributed by atoms with E-state index in [2.05, 4.69) is 44.3 Å². The predicted molar refractivity (Wildman–Crippen MR) is 146 cm³/mol. The quantitative estimate of drug-likeness (QED) is 0.497. The summed E-state index contributed by atoms with van der Waals surface area (Å²) in [7, 11) is -3.92. The second-order valence-electron chi connectivity index (χ2n) is 11.0. The lowest BCUT2D eigenvalue weighted by Crippen LogP contribution is -2.51. The summed E-state index contributed by atoms with van der Waals surface area (Å²) in [6, 6.07) is 20.0. The van der Waals surface area contributed by atoms with E-state index in [4.69, 9.17) is 4.74 Å². The zero-order chi connectivity index (χ0) is 26.4. The number of rotatable bonds is 5. The molecule has 1 amide bonds. The zero-order valence-electron chi connectivity index (χ0n) is 21.8. The first-order valence-corrected chi connectivity index (χ1v) is 14.3. The standard InChI is InChI=1S/C30H34N2O4S/c1-20(22-14-13-21-9-8-10-23(21)17-22)31-29(33)28-19-32(37(34,35)25-11-6-5-7-12-25)26-18-24(30(2,3)4)15-16-27(26)36-28/h5-7,11-18,20,28H,8-10,19H2,1-4H3,(H,31,33)/t20-,28+/m0/s1. The van der Waals surface area contributed by atoms with Crippen molar-refractivity contribution in [2.45, 2.75) is 69.4 Å². The number of hydrogen-bond acceptors (Lipinski definition) is 4. The molecule has 0 saturated heterocycles. The van der Waals surface area contributed by atoms with Gasteiger partial charge in [0.1, 0.15) is 5.75 Å². The van der Waals surface area contributed by atoms with E-state index < -0.39 is 16.1 Å². The van der Waals surface area contributed by atoms with E-state index in [-0.39, 0.29) is 28.8 Å². The monoisotopic (exact) mass is 518 g/mol. The Labute approximate surface area is 219 Å². The normalized spacial score (nSPS) is 17.9. The molecule has 1 aliphatic heterocycles. The van der Waals surface area contributed by atoms with Gasteiger partial charge in [0, 0.05) is 0 Å². The molecule has 0 unspecified atom stereocenters. The molecule has 6 nitrogen and oxygen atoms in total. The molecule has 0 saturated carbocycles. The van der Waals surface area contributed by atoms with Crippen molar-refractivity contribution in [1.29, 1.82) is 0 Å². The number of fused-ring (bicyclic) bond motifs is 2. The summed E-state index contributed by atoms with van der Waals surface area (Å²) < 4.78 is 35.0. The summed E-state index contributed by atoms with van der Waals surface area (Å²) in [6.45, 7) is 8.06. The van der Waals surface area contributed by atoms with Gasteiger partial charge in [-0.3, -0.25) is 9.10 Å². The van der Waals surface area contributed by atoms with Crippen molar-refractivity contribution < 1.29 is 17.9 Å². The summed E-state index contributed by atoms with van der Waals surface area (Å²) in [5, 5.41) is 3.05. The number of ether oxygens (including phenoxy) is 1. The number of nitrogens with zero attached hydrogens (tertiary/aromatic N) is 1. The molecule has 1 heterocycles. The maximum atomic E-state index is 13.8. The minimum Gasteiger partial charge on any atom is -0.476 e. The van der Waals surface area contributed by atoms with Crippen LogP contribution in [0.4, 0.5) is 5.69 Å². The van der Waals surface area contributed by atoms with Crippen molar-refractivity contribution in [3.8, 4) is 5.75 Å². The Morgan fingerprint density at radius 3 is 2.46 bits per heavy atom. The molecule has 2 atom stereocenters. The van der Waals surface area contributed by atoms with E-state index in [1.165, 1.54) is 15.4 Å². The highest BCUT2D eigenvalue weighted by atomic mass is 32.2. The van der Waals surface area contributed by atoms with Crippen LogP contribution in [-0.4, -0.2) is 27.0 Å².